The Hall–Kier alpha value is -0.610. The fraction of sp³-hybridized carbons (Fsp3) is 0.933. The fourth-order valence-electron chi connectivity index (χ4n) is 3.25. The number of carbonyl (C=O) groups excluding carboxylic acids is 1. The van der Waals surface area contributed by atoms with Crippen molar-refractivity contribution in [3.8, 4) is 0 Å². The van der Waals surface area contributed by atoms with E-state index < -0.39 is 0 Å². The third kappa shape index (κ3) is 4.18. The highest BCUT2D eigenvalue weighted by Crippen LogP contribution is 2.18. The maximum absolute atomic E-state index is 12.3. The van der Waals surface area contributed by atoms with Crippen LogP contribution in [0.2, 0.25) is 0 Å². The van der Waals surface area contributed by atoms with E-state index in [0.717, 1.165) is 45.3 Å². The number of hydrogen-bond acceptors (Lipinski definition) is 3. The van der Waals surface area contributed by atoms with Crippen molar-refractivity contribution in [3.05, 3.63) is 0 Å². The lowest BCUT2D eigenvalue weighted by atomic mass is 9.91. The highest BCUT2D eigenvalue weighted by Gasteiger charge is 2.28. The molecule has 4 nitrogen and oxygen atoms in total. The number of hydrogen-bond donors (Lipinski definition) is 2. The molecule has 19 heavy (non-hydrogen) atoms. The van der Waals surface area contributed by atoms with Crippen molar-refractivity contribution in [2.45, 2.75) is 64.6 Å². The normalized spacial score (nSPS) is 30.5. The molecule has 0 radical (unpaired) electrons. The Labute approximate surface area is 117 Å². The first-order valence-electron chi connectivity index (χ1n) is 7.84. The van der Waals surface area contributed by atoms with Gasteiger partial charge in [-0.15, -0.1) is 0 Å². The number of amides is 1. The van der Waals surface area contributed by atoms with Gasteiger partial charge in [0, 0.05) is 37.1 Å². The van der Waals surface area contributed by atoms with Gasteiger partial charge in [-0.25, -0.2) is 0 Å². The lowest BCUT2D eigenvalue weighted by Crippen LogP contribution is -2.49. The van der Waals surface area contributed by atoms with Crippen molar-refractivity contribution >= 4 is 5.91 Å². The summed E-state index contributed by atoms with van der Waals surface area (Å²) in [4.78, 5) is 14.8. The second-order valence-corrected chi connectivity index (χ2v) is 6.49. The second-order valence-electron chi connectivity index (χ2n) is 6.49. The van der Waals surface area contributed by atoms with Gasteiger partial charge in [-0.2, -0.15) is 0 Å². The van der Waals surface area contributed by atoms with E-state index in [2.05, 4.69) is 36.3 Å². The number of rotatable bonds is 3. The number of piperidine rings is 2. The fourth-order valence-corrected chi connectivity index (χ4v) is 3.25. The molecular weight excluding hydrogens is 238 g/mol. The predicted octanol–water partition coefficient (Wildman–Crippen LogP) is 1.36. The number of likely N-dealkylation sites (tertiary alicyclic amines) is 1. The van der Waals surface area contributed by atoms with Crippen molar-refractivity contribution in [1.82, 2.24) is 15.5 Å². The van der Waals surface area contributed by atoms with Crippen molar-refractivity contribution in [2.24, 2.45) is 5.92 Å². The predicted molar refractivity (Wildman–Crippen MR) is 78.1 cm³/mol. The van der Waals surface area contributed by atoms with Gasteiger partial charge >= 0.3 is 0 Å². The minimum Gasteiger partial charge on any atom is -0.353 e. The quantitative estimate of drug-likeness (QED) is 0.811. The van der Waals surface area contributed by atoms with E-state index in [1.165, 1.54) is 0 Å². The molecule has 0 aromatic carbocycles. The summed E-state index contributed by atoms with van der Waals surface area (Å²) in [5, 5.41) is 6.68. The van der Waals surface area contributed by atoms with Crippen LogP contribution in [0.25, 0.3) is 0 Å². The molecule has 2 unspecified atom stereocenters. The summed E-state index contributed by atoms with van der Waals surface area (Å²) < 4.78 is 0. The Bertz CT molecular complexity index is 298. The molecule has 2 rings (SSSR count). The number of carbonyl (C=O) groups is 1. The zero-order valence-corrected chi connectivity index (χ0v) is 12.6. The molecular formula is C15H29N3O. The van der Waals surface area contributed by atoms with Crippen molar-refractivity contribution in [3.63, 3.8) is 0 Å². The molecule has 1 amide bonds. The van der Waals surface area contributed by atoms with Gasteiger partial charge in [-0.1, -0.05) is 0 Å². The molecule has 0 aromatic heterocycles. The molecule has 2 heterocycles. The van der Waals surface area contributed by atoms with Gasteiger partial charge < -0.3 is 15.5 Å². The van der Waals surface area contributed by atoms with Crippen LogP contribution in [0.4, 0.5) is 0 Å². The first-order valence-corrected chi connectivity index (χ1v) is 7.84. The zero-order chi connectivity index (χ0) is 13.8. The van der Waals surface area contributed by atoms with Crippen molar-refractivity contribution in [1.29, 1.82) is 0 Å². The van der Waals surface area contributed by atoms with E-state index in [4.69, 9.17) is 0 Å². The maximum Gasteiger partial charge on any atom is 0.223 e. The Morgan fingerprint density at radius 1 is 1.26 bits per heavy atom. The van der Waals surface area contributed by atoms with Crippen LogP contribution < -0.4 is 10.6 Å². The molecule has 0 saturated carbocycles. The molecule has 2 atom stereocenters. The third-order valence-corrected chi connectivity index (χ3v) is 4.60. The van der Waals surface area contributed by atoms with Gasteiger partial charge in [-0.3, -0.25) is 4.79 Å². The summed E-state index contributed by atoms with van der Waals surface area (Å²) in [7, 11) is 0. The van der Waals surface area contributed by atoms with Gasteiger partial charge in [0.25, 0.3) is 0 Å². The molecule has 0 aliphatic carbocycles. The number of nitrogens with zero attached hydrogens (tertiary/aromatic N) is 1. The highest BCUT2D eigenvalue weighted by atomic mass is 16.1. The first-order chi connectivity index (χ1) is 9.06. The van der Waals surface area contributed by atoms with Crippen molar-refractivity contribution in [2.75, 3.05) is 19.6 Å². The van der Waals surface area contributed by atoms with Gasteiger partial charge in [0.05, 0.1) is 0 Å². The second kappa shape index (κ2) is 6.71. The van der Waals surface area contributed by atoms with E-state index in [9.17, 15) is 4.79 Å². The molecule has 2 saturated heterocycles. The number of nitrogens with one attached hydrogen (secondary N) is 2. The first kappa shape index (κ1) is 14.8. The van der Waals surface area contributed by atoms with Crippen LogP contribution in [0.5, 0.6) is 0 Å². The summed E-state index contributed by atoms with van der Waals surface area (Å²) in [6.45, 7) is 9.87. The summed E-state index contributed by atoms with van der Waals surface area (Å²) in [5.74, 6) is 0.510. The monoisotopic (exact) mass is 267 g/mol. The van der Waals surface area contributed by atoms with E-state index in [1.807, 2.05) is 0 Å². The summed E-state index contributed by atoms with van der Waals surface area (Å²) >= 11 is 0. The SMILES string of the molecule is CC1CC(C(=O)NC2CCN(C(C)C)CC2)CCN1. The topological polar surface area (TPSA) is 44.4 Å². The van der Waals surface area contributed by atoms with Gasteiger partial charge in [0.2, 0.25) is 5.91 Å². The molecule has 110 valence electrons. The summed E-state index contributed by atoms with van der Waals surface area (Å²) in [6, 6.07) is 1.50. The summed E-state index contributed by atoms with van der Waals surface area (Å²) in [5.41, 5.74) is 0. The molecule has 0 bridgehead atoms. The van der Waals surface area contributed by atoms with Crippen LogP contribution in [0.3, 0.4) is 0 Å². The Kier molecular flexibility index (Phi) is 5.22. The standard InChI is InChI=1S/C15H29N3O/c1-11(2)18-8-5-14(6-9-18)17-15(19)13-4-7-16-12(3)10-13/h11-14,16H,4-10H2,1-3H3,(H,17,19). The Morgan fingerprint density at radius 3 is 2.53 bits per heavy atom. The zero-order valence-electron chi connectivity index (χ0n) is 12.6. The maximum atomic E-state index is 12.3. The van der Waals surface area contributed by atoms with Crippen LogP contribution in [0.15, 0.2) is 0 Å². The van der Waals surface area contributed by atoms with Crippen LogP contribution in [-0.4, -0.2) is 48.6 Å². The van der Waals surface area contributed by atoms with Crippen LogP contribution >= 0.6 is 0 Å². The average Bonchev–Trinajstić information content (AvgIpc) is 2.39. The van der Waals surface area contributed by atoms with Gasteiger partial charge in [0.15, 0.2) is 0 Å². The van der Waals surface area contributed by atoms with Crippen LogP contribution in [-0.2, 0) is 4.79 Å². The van der Waals surface area contributed by atoms with Gasteiger partial charge in [-0.05, 0) is 53.0 Å². The van der Waals surface area contributed by atoms with Gasteiger partial charge in [0.1, 0.15) is 0 Å². The minimum absolute atomic E-state index is 0.222. The largest absolute Gasteiger partial charge is 0.353 e. The lowest BCUT2D eigenvalue weighted by molar-refractivity contribution is -0.127. The molecule has 2 aliphatic rings. The van der Waals surface area contributed by atoms with Crippen LogP contribution in [0.1, 0.15) is 46.5 Å². The Morgan fingerprint density at radius 2 is 1.95 bits per heavy atom. The summed E-state index contributed by atoms with van der Waals surface area (Å²) in [6.07, 6.45) is 4.17. The molecule has 2 aliphatic heterocycles. The average molecular weight is 267 g/mol. The molecule has 2 fully saturated rings. The minimum atomic E-state index is 0.222. The lowest BCUT2D eigenvalue weighted by Gasteiger charge is -2.36. The molecule has 0 aromatic rings. The Balaban J connectivity index is 1.74. The van der Waals surface area contributed by atoms with E-state index in [1.54, 1.807) is 0 Å². The van der Waals surface area contributed by atoms with E-state index in [-0.39, 0.29) is 11.8 Å². The smallest absolute Gasteiger partial charge is 0.223 e. The van der Waals surface area contributed by atoms with E-state index in [0.29, 0.717) is 18.1 Å². The molecule has 0 spiro atoms. The molecule has 2 N–H and O–H groups in total. The highest BCUT2D eigenvalue weighted by molar-refractivity contribution is 5.79. The molecule has 4 heteroatoms. The van der Waals surface area contributed by atoms with Crippen LogP contribution in [0, 0.1) is 5.92 Å². The third-order valence-electron chi connectivity index (χ3n) is 4.60. The van der Waals surface area contributed by atoms with Crippen molar-refractivity contribution < 1.29 is 4.79 Å². The van der Waals surface area contributed by atoms with E-state index >= 15 is 0 Å².